The lowest BCUT2D eigenvalue weighted by molar-refractivity contribution is -0.0500. The van der Waals surface area contributed by atoms with Crippen molar-refractivity contribution in [1.82, 2.24) is 4.31 Å². The molecule has 1 heterocycles. The number of alkyl halides is 3. The van der Waals surface area contributed by atoms with Gasteiger partial charge < -0.3 is 0 Å². The first kappa shape index (κ1) is 14.8. The van der Waals surface area contributed by atoms with Crippen LogP contribution in [0, 0.1) is 11.3 Å². The van der Waals surface area contributed by atoms with E-state index < -0.39 is 15.5 Å². The predicted molar refractivity (Wildman–Crippen MR) is 58.7 cm³/mol. The number of piperidine rings is 1. The van der Waals surface area contributed by atoms with Crippen molar-refractivity contribution in [1.29, 1.82) is 0 Å². The highest BCUT2D eigenvalue weighted by Crippen LogP contribution is 2.37. The van der Waals surface area contributed by atoms with Gasteiger partial charge in [0.25, 0.3) is 0 Å². The van der Waals surface area contributed by atoms with Gasteiger partial charge in [0.15, 0.2) is 0 Å². The van der Waals surface area contributed by atoms with Gasteiger partial charge in [0.05, 0.1) is 0 Å². The van der Waals surface area contributed by atoms with Crippen LogP contribution in [0.15, 0.2) is 0 Å². The Morgan fingerprint density at radius 1 is 1.06 bits per heavy atom. The highest BCUT2D eigenvalue weighted by molar-refractivity contribution is 7.90. The van der Waals surface area contributed by atoms with Crippen LogP contribution in [0.3, 0.4) is 0 Å². The maximum absolute atomic E-state index is 12.3. The molecule has 1 aliphatic rings. The van der Waals surface area contributed by atoms with Crippen molar-refractivity contribution in [2.24, 2.45) is 11.3 Å². The normalized spacial score (nSPS) is 21.8. The van der Waals surface area contributed by atoms with E-state index in [1.807, 2.05) is 20.8 Å². The van der Waals surface area contributed by atoms with Crippen LogP contribution in [-0.2, 0) is 10.0 Å². The summed E-state index contributed by atoms with van der Waals surface area (Å²) in [7, 11) is -5.14. The Labute approximate surface area is 100 Å². The molecule has 0 bridgehead atoms. The fraction of sp³-hybridized carbons (Fsp3) is 1.00. The van der Waals surface area contributed by atoms with Crippen molar-refractivity contribution in [3.05, 3.63) is 0 Å². The lowest BCUT2D eigenvalue weighted by atomic mass is 9.76. The molecule has 0 atom stereocenters. The molecule has 1 saturated heterocycles. The first-order valence-electron chi connectivity index (χ1n) is 5.52. The van der Waals surface area contributed by atoms with Crippen molar-refractivity contribution in [2.75, 3.05) is 13.1 Å². The fourth-order valence-electron chi connectivity index (χ4n) is 2.11. The molecule has 1 aliphatic heterocycles. The zero-order valence-electron chi connectivity index (χ0n) is 10.2. The second-order valence-electron chi connectivity index (χ2n) is 5.49. The molecule has 0 amide bonds. The Morgan fingerprint density at radius 3 is 1.76 bits per heavy atom. The van der Waals surface area contributed by atoms with Gasteiger partial charge in [-0.05, 0) is 24.2 Å². The van der Waals surface area contributed by atoms with Crippen LogP contribution in [0.2, 0.25) is 0 Å². The van der Waals surface area contributed by atoms with E-state index in [0.29, 0.717) is 17.1 Å². The minimum atomic E-state index is -5.18. The molecule has 17 heavy (non-hydrogen) atoms. The van der Waals surface area contributed by atoms with Gasteiger partial charge in [-0.1, -0.05) is 20.8 Å². The Bertz CT molecular complexity index is 362. The summed E-state index contributed by atoms with van der Waals surface area (Å²) in [6.07, 6.45) is 0.970. The van der Waals surface area contributed by atoms with Gasteiger partial charge in [0.1, 0.15) is 0 Å². The Kier molecular flexibility index (Phi) is 3.84. The Hall–Kier alpha value is -0.300. The first-order valence-corrected chi connectivity index (χ1v) is 6.96. The summed E-state index contributed by atoms with van der Waals surface area (Å²) < 4.78 is 59.8. The lowest BCUT2D eigenvalue weighted by Gasteiger charge is -2.38. The number of hydrogen-bond donors (Lipinski definition) is 0. The summed E-state index contributed by atoms with van der Waals surface area (Å²) in [5.41, 5.74) is -5.17. The first-order chi connectivity index (χ1) is 7.46. The average Bonchev–Trinajstić information content (AvgIpc) is 2.15. The summed E-state index contributed by atoms with van der Waals surface area (Å²) in [6.45, 7) is 5.98. The van der Waals surface area contributed by atoms with Crippen molar-refractivity contribution in [2.45, 2.75) is 39.1 Å². The largest absolute Gasteiger partial charge is 0.511 e. The SMILES string of the molecule is CC(C)(C)C1CCN(S(=O)(=O)C(F)(F)F)CC1. The molecule has 1 rings (SSSR count). The molecule has 1 fully saturated rings. The number of nitrogens with zero attached hydrogens (tertiary/aromatic N) is 1. The van der Waals surface area contributed by atoms with Crippen molar-refractivity contribution in [3.63, 3.8) is 0 Å². The number of hydrogen-bond acceptors (Lipinski definition) is 2. The third-order valence-corrected chi connectivity index (χ3v) is 4.94. The van der Waals surface area contributed by atoms with Crippen LogP contribution >= 0.6 is 0 Å². The molecule has 0 aliphatic carbocycles. The van der Waals surface area contributed by atoms with Gasteiger partial charge in [-0.3, -0.25) is 0 Å². The molecule has 3 nitrogen and oxygen atoms in total. The summed E-state index contributed by atoms with van der Waals surface area (Å²) in [6, 6.07) is 0. The van der Waals surface area contributed by atoms with Crippen LogP contribution < -0.4 is 0 Å². The molecule has 0 aromatic rings. The van der Waals surface area contributed by atoms with Gasteiger partial charge in [-0.25, -0.2) is 8.42 Å². The zero-order chi connectivity index (χ0) is 13.5. The van der Waals surface area contributed by atoms with Gasteiger partial charge in [-0.15, -0.1) is 0 Å². The molecular weight excluding hydrogens is 255 g/mol. The molecule has 7 heteroatoms. The summed E-state index contributed by atoms with van der Waals surface area (Å²) in [5.74, 6) is 0.266. The minimum absolute atomic E-state index is 0.00802. The standard InChI is InChI=1S/C10H18F3NO2S/c1-9(2,3)8-4-6-14(7-5-8)17(15,16)10(11,12)13/h8H,4-7H2,1-3H3. The number of sulfonamides is 1. The van der Waals surface area contributed by atoms with E-state index in [4.69, 9.17) is 0 Å². The van der Waals surface area contributed by atoms with E-state index >= 15 is 0 Å². The minimum Gasteiger partial charge on any atom is -0.203 e. The number of rotatable bonds is 1. The summed E-state index contributed by atoms with van der Waals surface area (Å²) in [4.78, 5) is 0. The van der Waals surface area contributed by atoms with Crippen LogP contribution in [0.1, 0.15) is 33.6 Å². The molecule has 102 valence electrons. The summed E-state index contributed by atoms with van der Waals surface area (Å²) in [5, 5.41) is 0. The molecule has 0 unspecified atom stereocenters. The third kappa shape index (κ3) is 3.13. The quantitative estimate of drug-likeness (QED) is 0.736. The van der Waals surface area contributed by atoms with Crippen LogP contribution in [0.25, 0.3) is 0 Å². The maximum atomic E-state index is 12.3. The van der Waals surface area contributed by atoms with Crippen LogP contribution in [-0.4, -0.2) is 31.3 Å². The topological polar surface area (TPSA) is 37.4 Å². The van der Waals surface area contributed by atoms with Gasteiger partial charge in [0, 0.05) is 13.1 Å². The van der Waals surface area contributed by atoms with Gasteiger partial charge in [-0.2, -0.15) is 17.5 Å². The van der Waals surface area contributed by atoms with E-state index in [-0.39, 0.29) is 24.4 Å². The summed E-state index contributed by atoms with van der Waals surface area (Å²) >= 11 is 0. The molecule has 0 N–H and O–H groups in total. The Balaban J connectivity index is 2.72. The predicted octanol–water partition coefficient (Wildman–Crippen LogP) is 2.59. The van der Waals surface area contributed by atoms with Gasteiger partial charge in [0.2, 0.25) is 0 Å². The zero-order valence-corrected chi connectivity index (χ0v) is 11.0. The van der Waals surface area contributed by atoms with Crippen molar-refractivity contribution in [3.8, 4) is 0 Å². The maximum Gasteiger partial charge on any atom is 0.511 e. The second-order valence-corrected chi connectivity index (χ2v) is 7.42. The van der Waals surface area contributed by atoms with E-state index in [9.17, 15) is 21.6 Å². The highest BCUT2D eigenvalue weighted by atomic mass is 32.2. The molecule has 0 aromatic carbocycles. The van der Waals surface area contributed by atoms with E-state index in [2.05, 4.69) is 0 Å². The van der Waals surface area contributed by atoms with Crippen molar-refractivity contribution >= 4 is 10.0 Å². The van der Waals surface area contributed by atoms with Crippen LogP contribution in [0.4, 0.5) is 13.2 Å². The molecule has 0 radical (unpaired) electrons. The lowest BCUT2D eigenvalue weighted by Crippen LogP contribution is -2.46. The van der Waals surface area contributed by atoms with Crippen molar-refractivity contribution < 1.29 is 21.6 Å². The second kappa shape index (κ2) is 4.42. The average molecular weight is 273 g/mol. The fourth-order valence-corrected chi connectivity index (χ4v) is 3.09. The molecule has 0 saturated carbocycles. The van der Waals surface area contributed by atoms with E-state index in [1.165, 1.54) is 0 Å². The highest BCUT2D eigenvalue weighted by Gasteiger charge is 2.50. The smallest absolute Gasteiger partial charge is 0.203 e. The van der Waals surface area contributed by atoms with Gasteiger partial charge >= 0.3 is 15.5 Å². The van der Waals surface area contributed by atoms with Crippen LogP contribution in [0.5, 0.6) is 0 Å². The molecular formula is C10H18F3NO2S. The molecule has 0 spiro atoms. The Morgan fingerprint density at radius 2 is 1.47 bits per heavy atom. The number of halogens is 3. The molecule has 0 aromatic heterocycles. The van der Waals surface area contributed by atoms with E-state index in [1.54, 1.807) is 0 Å². The third-order valence-electron chi connectivity index (χ3n) is 3.31. The van der Waals surface area contributed by atoms with E-state index in [0.717, 1.165) is 0 Å². The monoisotopic (exact) mass is 273 g/mol.